The Morgan fingerprint density at radius 1 is 1.54 bits per heavy atom. The van der Waals surface area contributed by atoms with Gasteiger partial charge in [-0.25, -0.2) is 0 Å². The van der Waals surface area contributed by atoms with Gasteiger partial charge in [0.15, 0.2) is 0 Å². The van der Waals surface area contributed by atoms with Gasteiger partial charge in [0.25, 0.3) is 0 Å². The van der Waals surface area contributed by atoms with E-state index in [-0.39, 0.29) is 6.61 Å². The van der Waals surface area contributed by atoms with Crippen LogP contribution in [0.25, 0.3) is 0 Å². The van der Waals surface area contributed by atoms with Gasteiger partial charge in [0, 0.05) is 21.8 Å². The standard InChI is InChI=1S/C10H11ClOS/c11-9-2-1-3-10-8(9)6-7(13-10)4-5-12/h1-3,7,12H,4-6H2. The van der Waals surface area contributed by atoms with E-state index >= 15 is 0 Å². The van der Waals surface area contributed by atoms with Crippen molar-refractivity contribution >= 4 is 23.4 Å². The van der Waals surface area contributed by atoms with Crippen LogP contribution in [0.2, 0.25) is 5.02 Å². The van der Waals surface area contributed by atoms with E-state index in [0.717, 1.165) is 17.9 Å². The second kappa shape index (κ2) is 3.91. The van der Waals surface area contributed by atoms with Gasteiger partial charge in [0.1, 0.15) is 0 Å². The number of fused-ring (bicyclic) bond motifs is 1. The zero-order valence-corrected chi connectivity index (χ0v) is 8.74. The highest BCUT2D eigenvalue weighted by Gasteiger charge is 2.23. The van der Waals surface area contributed by atoms with Crippen molar-refractivity contribution < 1.29 is 5.11 Å². The molecule has 13 heavy (non-hydrogen) atoms. The molecule has 1 aliphatic rings. The van der Waals surface area contributed by atoms with Gasteiger partial charge in [-0.3, -0.25) is 0 Å². The van der Waals surface area contributed by atoms with E-state index in [1.54, 1.807) is 0 Å². The molecule has 1 aromatic carbocycles. The number of rotatable bonds is 2. The van der Waals surface area contributed by atoms with Gasteiger partial charge in [-0.15, -0.1) is 11.8 Å². The molecule has 1 heterocycles. The van der Waals surface area contributed by atoms with Crippen molar-refractivity contribution in [3.8, 4) is 0 Å². The van der Waals surface area contributed by atoms with E-state index in [2.05, 4.69) is 6.07 Å². The molecule has 0 aromatic heterocycles. The Balaban J connectivity index is 2.20. The Morgan fingerprint density at radius 3 is 3.08 bits per heavy atom. The molecule has 0 amide bonds. The van der Waals surface area contributed by atoms with E-state index in [4.69, 9.17) is 16.7 Å². The summed E-state index contributed by atoms with van der Waals surface area (Å²) in [6.45, 7) is 0.267. The topological polar surface area (TPSA) is 20.2 Å². The summed E-state index contributed by atoms with van der Waals surface area (Å²) in [5.74, 6) is 0. The highest BCUT2D eigenvalue weighted by Crippen LogP contribution is 2.41. The van der Waals surface area contributed by atoms with Crippen LogP contribution in [0, 0.1) is 0 Å². The monoisotopic (exact) mass is 214 g/mol. The Morgan fingerprint density at radius 2 is 2.38 bits per heavy atom. The number of benzene rings is 1. The van der Waals surface area contributed by atoms with Gasteiger partial charge < -0.3 is 5.11 Å². The third-order valence-electron chi connectivity index (χ3n) is 2.25. The van der Waals surface area contributed by atoms with Crippen LogP contribution >= 0.6 is 23.4 Å². The van der Waals surface area contributed by atoms with Crippen molar-refractivity contribution in [3.05, 3.63) is 28.8 Å². The normalized spacial score (nSPS) is 20.3. The lowest BCUT2D eigenvalue weighted by Crippen LogP contribution is -2.03. The molecular formula is C10H11ClOS. The zero-order valence-electron chi connectivity index (χ0n) is 7.16. The molecule has 1 unspecified atom stereocenters. The summed E-state index contributed by atoms with van der Waals surface area (Å²) < 4.78 is 0. The number of thioether (sulfide) groups is 1. The average Bonchev–Trinajstić information content (AvgIpc) is 2.49. The number of halogens is 1. The summed E-state index contributed by atoms with van der Waals surface area (Å²) in [7, 11) is 0. The molecule has 0 fully saturated rings. The predicted octanol–water partition coefficient (Wildman–Crippen LogP) is 2.74. The first kappa shape index (κ1) is 9.38. The van der Waals surface area contributed by atoms with E-state index in [0.29, 0.717) is 5.25 Å². The van der Waals surface area contributed by atoms with Crippen molar-refractivity contribution in [2.75, 3.05) is 6.61 Å². The van der Waals surface area contributed by atoms with Gasteiger partial charge in [-0.05, 0) is 30.5 Å². The number of aliphatic hydroxyl groups is 1. The Hall–Kier alpha value is -0.180. The van der Waals surface area contributed by atoms with Gasteiger partial charge in [0.2, 0.25) is 0 Å². The second-order valence-corrected chi connectivity index (χ2v) is 4.92. The largest absolute Gasteiger partial charge is 0.396 e. The highest BCUT2D eigenvalue weighted by atomic mass is 35.5. The summed E-state index contributed by atoms with van der Waals surface area (Å²) in [4.78, 5) is 1.28. The molecule has 3 heteroatoms. The van der Waals surface area contributed by atoms with E-state index < -0.39 is 0 Å². The summed E-state index contributed by atoms with van der Waals surface area (Å²) in [5.41, 5.74) is 1.26. The van der Waals surface area contributed by atoms with Gasteiger partial charge in [-0.2, -0.15) is 0 Å². The average molecular weight is 215 g/mol. The molecule has 0 aliphatic carbocycles. The Labute approximate surface area is 87.1 Å². The molecule has 0 saturated carbocycles. The van der Waals surface area contributed by atoms with Crippen molar-refractivity contribution in [3.63, 3.8) is 0 Å². The minimum Gasteiger partial charge on any atom is -0.396 e. The summed E-state index contributed by atoms with van der Waals surface area (Å²) in [6, 6.07) is 6.01. The molecule has 0 radical (unpaired) electrons. The van der Waals surface area contributed by atoms with Gasteiger partial charge >= 0.3 is 0 Å². The molecule has 70 valence electrons. The fourth-order valence-corrected chi connectivity index (χ4v) is 3.23. The molecule has 0 bridgehead atoms. The molecule has 2 rings (SSSR count). The lowest BCUT2D eigenvalue weighted by molar-refractivity contribution is 0.287. The van der Waals surface area contributed by atoms with Crippen LogP contribution in [0.15, 0.2) is 23.1 Å². The lowest BCUT2D eigenvalue weighted by atomic mass is 10.1. The molecule has 1 aliphatic heterocycles. The predicted molar refractivity (Wildman–Crippen MR) is 56.5 cm³/mol. The lowest BCUT2D eigenvalue weighted by Gasteiger charge is -2.03. The third kappa shape index (κ3) is 1.85. The quantitative estimate of drug-likeness (QED) is 0.817. The molecule has 0 spiro atoms. The van der Waals surface area contributed by atoms with Crippen LogP contribution in [-0.4, -0.2) is 17.0 Å². The smallest absolute Gasteiger partial charge is 0.0449 e. The summed E-state index contributed by atoms with van der Waals surface area (Å²) >= 11 is 7.89. The molecule has 1 aromatic rings. The van der Waals surface area contributed by atoms with Gasteiger partial charge in [-0.1, -0.05) is 17.7 Å². The SMILES string of the molecule is OCCC1Cc2c(Cl)cccc2S1. The van der Waals surface area contributed by atoms with Crippen LogP contribution in [0.3, 0.4) is 0 Å². The minimum absolute atomic E-state index is 0.267. The first-order valence-corrected chi connectivity index (χ1v) is 5.62. The third-order valence-corrected chi connectivity index (χ3v) is 3.98. The van der Waals surface area contributed by atoms with Crippen LogP contribution in [0.5, 0.6) is 0 Å². The molecule has 1 nitrogen and oxygen atoms in total. The van der Waals surface area contributed by atoms with Crippen molar-refractivity contribution in [1.82, 2.24) is 0 Å². The van der Waals surface area contributed by atoms with Crippen molar-refractivity contribution in [2.24, 2.45) is 0 Å². The maximum absolute atomic E-state index is 8.83. The Bertz CT molecular complexity index is 314. The van der Waals surface area contributed by atoms with Gasteiger partial charge in [0.05, 0.1) is 0 Å². The van der Waals surface area contributed by atoms with Crippen molar-refractivity contribution in [1.29, 1.82) is 0 Å². The highest BCUT2D eigenvalue weighted by molar-refractivity contribution is 8.00. The first-order valence-electron chi connectivity index (χ1n) is 4.36. The molecule has 0 saturated heterocycles. The molecular weight excluding hydrogens is 204 g/mol. The van der Waals surface area contributed by atoms with Crippen LogP contribution < -0.4 is 0 Å². The van der Waals surface area contributed by atoms with E-state index in [9.17, 15) is 0 Å². The fourth-order valence-electron chi connectivity index (χ4n) is 1.60. The van der Waals surface area contributed by atoms with Crippen LogP contribution in [0.4, 0.5) is 0 Å². The fraction of sp³-hybridized carbons (Fsp3) is 0.400. The number of aliphatic hydroxyl groups excluding tert-OH is 1. The Kier molecular flexibility index (Phi) is 2.82. The summed E-state index contributed by atoms with van der Waals surface area (Å²) in [6.07, 6.45) is 1.86. The van der Waals surface area contributed by atoms with Crippen LogP contribution in [-0.2, 0) is 6.42 Å². The minimum atomic E-state index is 0.267. The number of hydrogen-bond donors (Lipinski definition) is 1. The maximum atomic E-state index is 8.83. The van der Waals surface area contributed by atoms with Crippen LogP contribution in [0.1, 0.15) is 12.0 Å². The molecule has 1 N–H and O–H groups in total. The summed E-state index contributed by atoms with van der Waals surface area (Å²) in [5, 5.41) is 10.2. The molecule has 1 atom stereocenters. The van der Waals surface area contributed by atoms with E-state index in [1.807, 2.05) is 23.9 Å². The second-order valence-electron chi connectivity index (χ2n) is 3.17. The zero-order chi connectivity index (χ0) is 9.26. The first-order chi connectivity index (χ1) is 6.31. The van der Waals surface area contributed by atoms with E-state index in [1.165, 1.54) is 10.5 Å². The maximum Gasteiger partial charge on any atom is 0.0449 e. The van der Waals surface area contributed by atoms with Crippen molar-refractivity contribution in [2.45, 2.75) is 23.0 Å². The number of hydrogen-bond acceptors (Lipinski definition) is 2.